The van der Waals surface area contributed by atoms with E-state index in [1.54, 1.807) is 13.0 Å². The van der Waals surface area contributed by atoms with Gasteiger partial charge in [0.05, 0.1) is 6.04 Å². The van der Waals surface area contributed by atoms with Crippen LogP contribution in [0.3, 0.4) is 0 Å². The van der Waals surface area contributed by atoms with Crippen molar-refractivity contribution < 1.29 is 4.79 Å². The Morgan fingerprint density at radius 1 is 1.17 bits per heavy atom. The van der Waals surface area contributed by atoms with Crippen LogP contribution in [0.5, 0.6) is 0 Å². The molecule has 1 aliphatic rings. The molecule has 118 valence electrons. The summed E-state index contributed by atoms with van der Waals surface area (Å²) in [6.07, 6.45) is 3.37. The standard InChI is InChI=1S/C19H20N2OS/c1-13(22)15-8-4-9-16(12-15)20-19(23)21-18-11-5-7-14-6-2-3-10-17(14)18/h2-4,6,8-10,12,18H,5,7,11H2,1H3,(H2,20,21,23)/t18-/m0/s1. The van der Waals surface area contributed by atoms with Crippen molar-refractivity contribution in [1.82, 2.24) is 5.32 Å². The molecular weight excluding hydrogens is 304 g/mol. The van der Waals surface area contributed by atoms with Gasteiger partial charge in [-0.15, -0.1) is 0 Å². The lowest BCUT2D eigenvalue weighted by atomic mass is 9.88. The molecule has 1 aliphatic carbocycles. The summed E-state index contributed by atoms with van der Waals surface area (Å²) >= 11 is 5.45. The molecule has 0 heterocycles. The van der Waals surface area contributed by atoms with Gasteiger partial charge in [0.1, 0.15) is 0 Å². The second-order valence-electron chi connectivity index (χ2n) is 5.88. The molecular formula is C19H20N2OS. The minimum atomic E-state index is 0.0498. The van der Waals surface area contributed by atoms with Crippen LogP contribution in [0.15, 0.2) is 48.5 Å². The maximum Gasteiger partial charge on any atom is 0.171 e. The number of Topliss-reactive ketones (excluding diaryl/α,β-unsaturated/α-hetero) is 1. The Morgan fingerprint density at radius 2 is 2.00 bits per heavy atom. The van der Waals surface area contributed by atoms with Crippen LogP contribution in [-0.2, 0) is 6.42 Å². The van der Waals surface area contributed by atoms with E-state index in [-0.39, 0.29) is 11.8 Å². The summed E-state index contributed by atoms with van der Waals surface area (Å²) in [7, 11) is 0. The largest absolute Gasteiger partial charge is 0.356 e. The van der Waals surface area contributed by atoms with Crippen LogP contribution in [0.25, 0.3) is 0 Å². The van der Waals surface area contributed by atoms with Crippen molar-refractivity contribution in [3.8, 4) is 0 Å². The zero-order chi connectivity index (χ0) is 16.2. The Bertz CT molecular complexity index is 742. The van der Waals surface area contributed by atoms with E-state index in [9.17, 15) is 4.79 Å². The zero-order valence-corrected chi connectivity index (χ0v) is 14.0. The van der Waals surface area contributed by atoms with E-state index >= 15 is 0 Å². The van der Waals surface area contributed by atoms with Crippen molar-refractivity contribution in [2.24, 2.45) is 0 Å². The highest BCUT2D eigenvalue weighted by Crippen LogP contribution is 2.29. The van der Waals surface area contributed by atoms with Crippen molar-refractivity contribution >= 4 is 28.8 Å². The number of hydrogen-bond donors (Lipinski definition) is 2. The fourth-order valence-electron chi connectivity index (χ4n) is 3.05. The molecule has 0 spiro atoms. The van der Waals surface area contributed by atoms with Gasteiger partial charge in [-0.3, -0.25) is 4.79 Å². The number of carbonyl (C=O) groups is 1. The predicted octanol–water partition coefficient (Wildman–Crippen LogP) is 4.25. The van der Waals surface area contributed by atoms with Crippen molar-refractivity contribution in [2.45, 2.75) is 32.2 Å². The maximum absolute atomic E-state index is 11.5. The van der Waals surface area contributed by atoms with E-state index in [4.69, 9.17) is 12.2 Å². The molecule has 3 nitrogen and oxygen atoms in total. The predicted molar refractivity (Wildman–Crippen MR) is 97.9 cm³/mol. The Morgan fingerprint density at radius 3 is 2.83 bits per heavy atom. The number of aryl methyl sites for hydroxylation is 1. The minimum Gasteiger partial charge on any atom is -0.356 e. The SMILES string of the molecule is CC(=O)c1cccc(NC(=S)N[C@H]2CCCc3ccccc32)c1. The third-order valence-electron chi connectivity index (χ3n) is 4.20. The summed E-state index contributed by atoms with van der Waals surface area (Å²) in [6.45, 7) is 1.56. The van der Waals surface area contributed by atoms with E-state index < -0.39 is 0 Å². The summed E-state index contributed by atoms with van der Waals surface area (Å²) in [4.78, 5) is 11.5. The van der Waals surface area contributed by atoms with Crippen molar-refractivity contribution in [3.63, 3.8) is 0 Å². The van der Waals surface area contributed by atoms with Gasteiger partial charge in [0.2, 0.25) is 0 Å². The number of nitrogens with one attached hydrogen (secondary N) is 2. The molecule has 0 radical (unpaired) electrons. The number of rotatable bonds is 3. The molecule has 0 amide bonds. The van der Waals surface area contributed by atoms with Gasteiger partial charge in [0.25, 0.3) is 0 Å². The summed E-state index contributed by atoms with van der Waals surface area (Å²) < 4.78 is 0. The maximum atomic E-state index is 11.5. The van der Waals surface area contributed by atoms with Crippen LogP contribution in [0.2, 0.25) is 0 Å². The number of ketones is 1. The fraction of sp³-hybridized carbons (Fsp3) is 0.263. The van der Waals surface area contributed by atoms with Crippen LogP contribution in [0.4, 0.5) is 5.69 Å². The zero-order valence-electron chi connectivity index (χ0n) is 13.1. The molecule has 0 fully saturated rings. The highest BCUT2D eigenvalue weighted by atomic mass is 32.1. The Balaban J connectivity index is 1.69. The van der Waals surface area contributed by atoms with Gasteiger partial charge in [-0.1, -0.05) is 36.4 Å². The second kappa shape index (κ2) is 6.92. The average molecular weight is 324 g/mol. The highest BCUT2D eigenvalue weighted by molar-refractivity contribution is 7.80. The topological polar surface area (TPSA) is 41.1 Å². The van der Waals surface area contributed by atoms with Gasteiger partial charge in [0.15, 0.2) is 10.9 Å². The first-order chi connectivity index (χ1) is 11.1. The number of carbonyl (C=O) groups excluding carboxylic acids is 1. The molecule has 0 bridgehead atoms. The first kappa shape index (κ1) is 15.7. The molecule has 0 unspecified atom stereocenters. The van der Waals surface area contributed by atoms with Crippen LogP contribution < -0.4 is 10.6 Å². The normalized spacial score (nSPS) is 16.3. The summed E-state index contributed by atoms with van der Waals surface area (Å²) in [6, 6.07) is 16.2. The first-order valence-corrected chi connectivity index (χ1v) is 8.30. The molecule has 2 aromatic rings. The van der Waals surface area contributed by atoms with E-state index in [0.717, 1.165) is 24.9 Å². The van der Waals surface area contributed by atoms with E-state index in [0.29, 0.717) is 10.7 Å². The molecule has 2 aromatic carbocycles. The van der Waals surface area contributed by atoms with Crippen molar-refractivity contribution in [2.75, 3.05) is 5.32 Å². The molecule has 2 N–H and O–H groups in total. The van der Waals surface area contributed by atoms with Crippen LogP contribution in [0.1, 0.15) is 47.3 Å². The Labute approximate surface area is 142 Å². The van der Waals surface area contributed by atoms with Gasteiger partial charge >= 0.3 is 0 Å². The van der Waals surface area contributed by atoms with Crippen LogP contribution in [0, 0.1) is 0 Å². The Kier molecular flexibility index (Phi) is 4.72. The van der Waals surface area contributed by atoms with E-state index in [1.807, 2.05) is 18.2 Å². The summed E-state index contributed by atoms with van der Waals surface area (Å²) in [5.41, 5.74) is 4.25. The number of fused-ring (bicyclic) bond motifs is 1. The van der Waals surface area contributed by atoms with Crippen molar-refractivity contribution in [1.29, 1.82) is 0 Å². The number of anilines is 1. The number of benzene rings is 2. The Hall–Kier alpha value is -2.20. The summed E-state index contributed by atoms with van der Waals surface area (Å²) in [5.74, 6) is 0.0498. The lowest BCUT2D eigenvalue weighted by Gasteiger charge is -2.27. The second-order valence-corrected chi connectivity index (χ2v) is 6.29. The first-order valence-electron chi connectivity index (χ1n) is 7.90. The third kappa shape index (κ3) is 3.77. The molecule has 0 saturated heterocycles. The third-order valence-corrected chi connectivity index (χ3v) is 4.42. The lowest BCUT2D eigenvalue weighted by Crippen LogP contribution is -2.34. The average Bonchev–Trinajstić information content (AvgIpc) is 2.55. The van der Waals surface area contributed by atoms with E-state index in [2.05, 4.69) is 34.9 Å². The minimum absolute atomic E-state index is 0.0498. The van der Waals surface area contributed by atoms with E-state index in [1.165, 1.54) is 11.1 Å². The fourth-order valence-corrected chi connectivity index (χ4v) is 3.31. The monoisotopic (exact) mass is 324 g/mol. The van der Waals surface area contributed by atoms with Crippen molar-refractivity contribution in [3.05, 3.63) is 65.2 Å². The highest BCUT2D eigenvalue weighted by Gasteiger charge is 2.20. The number of thiocarbonyl (C=S) groups is 1. The van der Waals surface area contributed by atoms with Gasteiger partial charge in [0, 0.05) is 11.3 Å². The smallest absolute Gasteiger partial charge is 0.171 e. The molecule has 0 aliphatic heterocycles. The van der Waals surface area contributed by atoms with Crippen LogP contribution in [-0.4, -0.2) is 10.9 Å². The molecule has 0 aromatic heterocycles. The molecule has 4 heteroatoms. The molecule has 23 heavy (non-hydrogen) atoms. The molecule has 1 atom stereocenters. The van der Waals surface area contributed by atoms with Gasteiger partial charge in [-0.2, -0.15) is 0 Å². The molecule has 0 saturated carbocycles. The van der Waals surface area contributed by atoms with Gasteiger partial charge < -0.3 is 10.6 Å². The van der Waals surface area contributed by atoms with Gasteiger partial charge in [-0.05, 0) is 61.7 Å². The number of hydrogen-bond acceptors (Lipinski definition) is 2. The van der Waals surface area contributed by atoms with Gasteiger partial charge in [-0.25, -0.2) is 0 Å². The van der Waals surface area contributed by atoms with Crippen LogP contribution >= 0.6 is 12.2 Å². The quantitative estimate of drug-likeness (QED) is 0.654. The lowest BCUT2D eigenvalue weighted by molar-refractivity contribution is 0.101. The summed E-state index contributed by atoms with van der Waals surface area (Å²) in [5, 5.41) is 7.18. The molecule has 3 rings (SSSR count).